The van der Waals surface area contributed by atoms with Crippen LogP contribution in [0.4, 0.5) is 11.6 Å². The Labute approximate surface area is 152 Å². The third kappa shape index (κ3) is 4.48. The Kier molecular flexibility index (Phi) is 5.67. The van der Waals surface area contributed by atoms with Crippen molar-refractivity contribution in [3.8, 4) is 0 Å². The molecule has 140 valence electrons. The largest absolute Gasteiger partial charge is 0.379 e. The second-order valence-electron chi connectivity index (χ2n) is 6.55. The lowest BCUT2D eigenvalue weighted by molar-refractivity contribution is -0.123. The molecule has 2 aromatic rings. The van der Waals surface area contributed by atoms with Crippen LogP contribution in [0, 0.1) is 6.92 Å². The summed E-state index contributed by atoms with van der Waals surface area (Å²) >= 11 is 0. The molecule has 26 heavy (non-hydrogen) atoms. The first-order valence-corrected chi connectivity index (χ1v) is 8.63. The summed E-state index contributed by atoms with van der Waals surface area (Å²) in [5.74, 6) is 2.31. The maximum Gasteiger partial charge on any atom is 0.240 e. The molecule has 0 aliphatic carbocycles. The van der Waals surface area contributed by atoms with E-state index >= 15 is 0 Å². The van der Waals surface area contributed by atoms with Gasteiger partial charge in [0.05, 0.1) is 18.7 Å². The minimum atomic E-state index is -0.0542. The van der Waals surface area contributed by atoms with Crippen molar-refractivity contribution in [2.24, 2.45) is 0 Å². The third-order valence-electron chi connectivity index (χ3n) is 4.38. The zero-order valence-electron chi connectivity index (χ0n) is 15.3. The predicted molar refractivity (Wildman–Crippen MR) is 98.1 cm³/mol. The highest BCUT2D eigenvalue weighted by atomic mass is 16.5. The van der Waals surface area contributed by atoms with Gasteiger partial charge in [0.25, 0.3) is 0 Å². The maximum atomic E-state index is 12.4. The molecular formula is C17H25N7O2. The van der Waals surface area contributed by atoms with Crippen LogP contribution in [0.15, 0.2) is 24.8 Å². The number of hydrogen-bond acceptors (Lipinski definition) is 7. The topological polar surface area (TPSA) is 97.2 Å². The quantitative estimate of drug-likeness (QED) is 0.772. The van der Waals surface area contributed by atoms with Crippen LogP contribution in [0.25, 0.3) is 0 Å². The molecule has 3 heterocycles. The van der Waals surface area contributed by atoms with Crippen molar-refractivity contribution in [3.05, 3.63) is 30.6 Å². The van der Waals surface area contributed by atoms with Gasteiger partial charge in [-0.2, -0.15) is 0 Å². The number of amides is 1. The van der Waals surface area contributed by atoms with E-state index in [-0.39, 0.29) is 24.5 Å². The van der Waals surface area contributed by atoms with Gasteiger partial charge in [0, 0.05) is 39.2 Å². The van der Waals surface area contributed by atoms with Gasteiger partial charge in [0.1, 0.15) is 30.3 Å². The molecule has 1 aliphatic heterocycles. The number of rotatable bonds is 6. The lowest BCUT2D eigenvalue weighted by Gasteiger charge is -2.33. The summed E-state index contributed by atoms with van der Waals surface area (Å²) in [6.45, 7) is 3.27. The average molecular weight is 359 g/mol. The molecule has 2 aromatic heterocycles. The first kappa shape index (κ1) is 18.1. The monoisotopic (exact) mass is 359 g/mol. The fraction of sp³-hybridized carbons (Fsp3) is 0.529. The second kappa shape index (κ2) is 8.13. The SMILES string of the molecule is Cc1nccn1CC(=O)N[C@H]1CCOC[C@H]1Nc1cc(N(C)C)ncn1. The van der Waals surface area contributed by atoms with E-state index in [1.165, 1.54) is 6.33 Å². The minimum absolute atomic E-state index is 0.0298. The summed E-state index contributed by atoms with van der Waals surface area (Å²) in [5.41, 5.74) is 0. The lowest BCUT2D eigenvalue weighted by Crippen LogP contribution is -2.52. The van der Waals surface area contributed by atoms with Gasteiger partial charge in [-0.3, -0.25) is 4.79 Å². The standard InChI is InChI=1S/C17H25N7O2/c1-12-18-5-6-24(12)9-17(25)22-13-4-7-26-10-14(13)21-15-8-16(23(2)3)20-11-19-15/h5-6,8,11,13-14H,4,7,9-10H2,1-3H3,(H,22,25)(H,19,20,21)/t13-,14+/m0/s1. The van der Waals surface area contributed by atoms with Crippen molar-refractivity contribution >= 4 is 17.5 Å². The van der Waals surface area contributed by atoms with Crippen LogP contribution < -0.4 is 15.5 Å². The Morgan fingerprint density at radius 2 is 2.19 bits per heavy atom. The molecule has 0 bridgehead atoms. The molecule has 9 nitrogen and oxygen atoms in total. The normalized spacial score (nSPS) is 19.8. The number of carbonyl (C=O) groups excluding carboxylic acids is 1. The predicted octanol–water partition coefficient (Wildman–Crippen LogP) is 0.433. The van der Waals surface area contributed by atoms with E-state index < -0.39 is 0 Å². The van der Waals surface area contributed by atoms with Crippen molar-refractivity contribution in [2.45, 2.75) is 32.0 Å². The van der Waals surface area contributed by atoms with E-state index in [2.05, 4.69) is 25.6 Å². The molecule has 0 unspecified atom stereocenters. The highest BCUT2D eigenvalue weighted by Crippen LogP contribution is 2.16. The fourth-order valence-corrected chi connectivity index (χ4v) is 2.89. The maximum absolute atomic E-state index is 12.4. The van der Waals surface area contributed by atoms with E-state index in [1.54, 1.807) is 12.4 Å². The third-order valence-corrected chi connectivity index (χ3v) is 4.38. The van der Waals surface area contributed by atoms with Gasteiger partial charge in [-0.1, -0.05) is 0 Å². The Hall–Kier alpha value is -2.68. The Morgan fingerprint density at radius 3 is 2.92 bits per heavy atom. The molecule has 9 heteroatoms. The van der Waals surface area contributed by atoms with Gasteiger partial charge in [-0.25, -0.2) is 15.0 Å². The second-order valence-corrected chi connectivity index (χ2v) is 6.55. The molecule has 1 amide bonds. The van der Waals surface area contributed by atoms with Crippen LogP contribution in [0.3, 0.4) is 0 Å². The highest BCUT2D eigenvalue weighted by Gasteiger charge is 2.27. The van der Waals surface area contributed by atoms with E-state index in [0.29, 0.717) is 19.0 Å². The van der Waals surface area contributed by atoms with Gasteiger partial charge >= 0.3 is 0 Å². The summed E-state index contributed by atoms with van der Waals surface area (Å²) in [4.78, 5) is 27.0. The molecule has 1 fully saturated rings. The molecule has 3 rings (SSSR count). The van der Waals surface area contributed by atoms with Crippen LogP contribution in [-0.2, 0) is 16.1 Å². The summed E-state index contributed by atoms with van der Waals surface area (Å²) in [7, 11) is 3.86. The lowest BCUT2D eigenvalue weighted by atomic mass is 10.0. The van der Waals surface area contributed by atoms with Gasteiger partial charge in [0.15, 0.2) is 0 Å². The molecule has 1 aliphatic rings. The van der Waals surface area contributed by atoms with Gasteiger partial charge in [-0.15, -0.1) is 0 Å². The van der Waals surface area contributed by atoms with Crippen LogP contribution in [0.2, 0.25) is 0 Å². The van der Waals surface area contributed by atoms with Crippen LogP contribution >= 0.6 is 0 Å². The number of aromatic nitrogens is 4. The number of nitrogens with zero attached hydrogens (tertiary/aromatic N) is 5. The molecule has 0 radical (unpaired) electrons. The van der Waals surface area contributed by atoms with Crippen molar-refractivity contribution in [1.29, 1.82) is 0 Å². The number of carbonyl (C=O) groups is 1. The first-order chi connectivity index (χ1) is 12.5. The van der Waals surface area contributed by atoms with Gasteiger partial charge in [-0.05, 0) is 13.3 Å². The first-order valence-electron chi connectivity index (χ1n) is 8.63. The Bertz CT molecular complexity index is 746. The average Bonchev–Trinajstić information content (AvgIpc) is 3.01. The molecule has 2 atom stereocenters. The highest BCUT2D eigenvalue weighted by molar-refractivity contribution is 5.76. The van der Waals surface area contributed by atoms with Crippen LogP contribution in [-0.4, -0.2) is 64.8 Å². The molecule has 0 spiro atoms. The number of imidazole rings is 1. The minimum Gasteiger partial charge on any atom is -0.379 e. The van der Waals surface area contributed by atoms with E-state index in [1.807, 2.05) is 36.6 Å². The summed E-state index contributed by atoms with van der Waals surface area (Å²) in [6, 6.07) is 1.79. The van der Waals surface area contributed by atoms with E-state index in [0.717, 1.165) is 18.1 Å². The molecule has 0 aromatic carbocycles. The van der Waals surface area contributed by atoms with Gasteiger partial charge < -0.3 is 24.8 Å². The van der Waals surface area contributed by atoms with Crippen molar-refractivity contribution in [3.63, 3.8) is 0 Å². The zero-order valence-corrected chi connectivity index (χ0v) is 15.3. The van der Waals surface area contributed by atoms with Crippen molar-refractivity contribution in [1.82, 2.24) is 24.8 Å². The Morgan fingerprint density at radius 1 is 1.35 bits per heavy atom. The number of ether oxygens (including phenoxy) is 1. The number of nitrogens with one attached hydrogen (secondary N) is 2. The summed E-state index contributed by atoms with van der Waals surface area (Å²) in [6.07, 6.45) is 5.77. The molecule has 0 saturated carbocycles. The van der Waals surface area contributed by atoms with Crippen molar-refractivity contribution < 1.29 is 9.53 Å². The van der Waals surface area contributed by atoms with Gasteiger partial charge in [0.2, 0.25) is 5.91 Å². The van der Waals surface area contributed by atoms with Crippen LogP contribution in [0.1, 0.15) is 12.2 Å². The smallest absolute Gasteiger partial charge is 0.240 e. The molecule has 2 N–H and O–H groups in total. The van der Waals surface area contributed by atoms with E-state index in [4.69, 9.17) is 4.74 Å². The zero-order chi connectivity index (χ0) is 18.5. The molecular weight excluding hydrogens is 334 g/mol. The molecule has 1 saturated heterocycles. The van der Waals surface area contributed by atoms with Crippen LogP contribution in [0.5, 0.6) is 0 Å². The number of aryl methyl sites for hydroxylation is 1. The summed E-state index contributed by atoms with van der Waals surface area (Å²) in [5, 5.41) is 6.47. The number of hydrogen-bond donors (Lipinski definition) is 2. The fourth-order valence-electron chi connectivity index (χ4n) is 2.89. The summed E-state index contributed by atoms with van der Waals surface area (Å²) < 4.78 is 7.41. The van der Waals surface area contributed by atoms with E-state index in [9.17, 15) is 4.79 Å². The Balaban J connectivity index is 1.63. The van der Waals surface area contributed by atoms with Crippen molar-refractivity contribution in [2.75, 3.05) is 37.5 Å². The number of anilines is 2.